The Morgan fingerprint density at radius 1 is 1.07 bits per heavy atom. The van der Waals surface area contributed by atoms with Crippen molar-refractivity contribution < 1.29 is 5.11 Å². The van der Waals surface area contributed by atoms with Gasteiger partial charge in [0.15, 0.2) is 0 Å². The molecular formula is C28H34O. The van der Waals surface area contributed by atoms with Crippen LogP contribution in [0.15, 0.2) is 48.5 Å². The van der Waals surface area contributed by atoms with Gasteiger partial charge in [-0.1, -0.05) is 62.4 Å². The van der Waals surface area contributed by atoms with Gasteiger partial charge in [0.2, 0.25) is 0 Å². The Labute approximate surface area is 175 Å². The lowest BCUT2D eigenvalue weighted by atomic mass is 9.54. The van der Waals surface area contributed by atoms with Crippen molar-refractivity contribution in [1.29, 1.82) is 0 Å². The predicted octanol–water partition coefficient (Wildman–Crippen LogP) is 7.14. The lowest BCUT2D eigenvalue weighted by Gasteiger charge is -2.50. The van der Waals surface area contributed by atoms with Crippen LogP contribution in [0, 0.1) is 23.2 Å². The Morgan fingerprint density at radius 3 is 2.72 bits per heavy atom. The van der Waals surface area contributed by atoms with Crippen LogP contribution in [0.2, 0.25) is 0 Å². The lowest BCUT2D eigenvalue weighted by Crippen LogP contribution is -2.41. The molecule has 2 aromatic carbocycles. The van der Waals surface area contributed by atoms with E-state index in [-0.39, 0.29) is 0 Å². The van der Waals surface area contributed by atoms with Crippen LogP contribution in [-0.4, -0.2) is 5.11 Å². The maximum atomic E-state index is 10.7. The average Bonchev–Trinajstić information content (AvgIpc) is 3.04. The molecule has 0 radical (unpaired) electrons. The number of aromatic hydroxyl groups is 1. The molecule has 1 nitrogen and oxygen atoms in total. The molecule has 0 bridgehead atoms. The van der Waals surface area contributed by atoms with Crippen molar-refractivity contribution in [3.8, 4) is 5.75 Å². The van der Waals surface area contributed by atoms with Gasteiger partial charge >= 0.3 is 0 Å². The Kier molecular flexibility index (Phi) is 4.81. The van der Waals surface area contributed by atoms with Crippen LogP contribution in [0.5, 0.6) is 5.75 Å². The third-order valence-electron chi connectivity index (χ3n) is 8.85. The summed E-state index contributed by atoms with van der Waals surface area (Å²) in [7, 11) is 0. The van der Waals surface area contributed by atoms with Crippen molar-refractivity contribution >= 4 is 6.08 Å². The highest BCUT2D eigenvalue weighted by molar-refractivity contribution is 5.51. The summed E-state index contributed by atoms with van der Waals surface area (Å²) in [6.07, 6.45) is 13.2. The molecule has 0 unspecified atom stereocenters. The first-order chi connectivity index (χ1) is 14.1. The summed E-state index contributed by atoms with van der Waals surface area (Å²) in [6.45, 7) is 5.07. The maximum absolute atomic E-state index is 10.7. The Morgan fingerprint density at radius 2 is 1.90 bits per heavy atom. The summed E-state index contributed by atoms with van der Waals surface area (Å²) in [4.78, 5) is 0. The Hall–Kier alpha value is -2.02. The van der Waals surface area contributed by atoms with Gasteiger partial charge in [0.05, 0.1) is 0 Å². The highest BCUT2D eigenvalue weighted by atomic mass is 16.3. The highest BCUT2D eigenvalue weighted by Gasteiger charge is 2.53. The average molecular weight is 387 g/mol. The molecule has 0 aliphatic heterocycles. The number of rotatable bonds is 3. The molecule has 0 spiro atoms. The zero-order valence-electron chi connectivity index (χ0n) is 17.9. The molecule has 29 heavy (non-hydrogen) atoms. The molecule has 1 heteroatoms. The molecule has 1 N–H and O–H groups in total. The number of hydrogen-bond acceptors (Lipinski definition) is 1. The minimum atomic E-state index is 0.482. The van der Waals surface area contributed by atoms with Crippen LogP contribution >= 0.6 is 0 Å². The van der Waals surface area contributed by atoms with E-state index in [4.69, 9.17) is 0 Å². The first-order valence-corrected chi connectivity index (χ1v) is 11.6. The molecule has 0 aromatic heterocycles. The first kappa shape index (κ1) is 19.0. The van der Waals surface area contributed by atoms with Gasteiger partial charge in [-0.3, -0.25) is 0 Å². The second kappa shape index (κ2) is 7.35. The highest BCUT2D eigenvalue weighted by Crippen LogP contribution is 2.62. The van der Waals surface area contributed by atoms with E-state index in [2.05, 4.69) is 62.4 Å². The van der Waals surface area contributed by atoms with Gasteiger partial charge in [-0.2, -0.15) is 0 Å². The van der Waals surface area contributed by atoms with Crippen LogP contribution < -0.4 is 0 Å². The van der Waals surface area contributed by atoms with Crippen LogP contribution in [-0.2, 0) is 12.8 Å². The van der Waals surface area contributed by atoms with E-state index in [1.165, 1.54) is 43.2 Å². The lowest BCUT2D eigenvalue weighted by molar-refractivity contribution is 0.0336. The third kappa shape index (κ3) is 3.23. The van der Waals surface area contributed by atoms with Gasteiger partial charge < -0.3 is 5.11 Å². The molecule has 0 saturated heterocycles. The summed E-state index contributed by atoms with van der Waals surface area (Å²) < 4.78 is 0. The van der Waals surface area contributed by atoms with Crippen molar-refractivity contribution in [2.24, 2.45) is 23.2 Å². The van der Waals surface area contributed by atoms with Crippen molar-refractivity contribution in [1.82, 2.24) is 0 Å². The third-order valence-corrected chi connectivity index (χ3v) is 8.85. The van der Waals surface area contributed by atoms with Crippen LogP contribution in [0.25, 0.3) is 6.08 Å². The standard InChI is InChI=1S/C28H34O/c1-19-11-14-26-24-13-12-21-18-27(29)22(10-6-9-20-7-4-3-5-8-20)17-25(21)23(24)15-16-28(19,26)2/h3-9,17-19,23-24,26,29H,10-16H2,1-2H3/b9-6+/t19-,23-,24+,26-,28+/m0/s1. The predicted molar refractivity (Wildman–Crippen MR) is 121 cm³/mol. The number of phenols is 1. The molecule has 5 atom stereocenters. The number of aryl methyl sites for hydroxylation is 1. The molecule has 2 aromatic rings. The summed E-state index contributed by atoms with van der Waals surface area (Å²) in [6, 6.07) is 14.9. The van der Waals surface area contributed by atoms with Gasteiger partial charge in [0.25, 0.3) is 0 Å². The molecule has 3 aliphatic rings. The van der Waals surface area contributed by atoms with Gasteiger partial charge in [-0.25, -0.2) is 0 Å². The zero-order chi connectivity index (χ0) is 20.0. The van der Waals surface area contributed by atoms with Crippen molar-refractivity contribution in [2.45, 2.75) is 64.7 Å². The van der Waals surface area contributed by atoms with Gasteiger partial charge in [0.1, 0.15) is 5.75 Å². The van der Waals surface area contributed by atoms with E-state index in [1.807, 2.05) is 6.07 Å². The number of benzene rings is 2. The fourth-order valence-electron chi connectivity index (χ4n) is 6.97. The molecule has 0 amide bonds. The zero-order valence-corrected chi connectivity index (χ0v) is 17.9. The molecule has 3 aliphatic carbocycles. The van der Waals surface area contributed by atoms with E-state index in [0.29, 0.717) is 17.1 Å². The Bertz CT molecular complexity index is 911. The van der Waals surface area contributed by atoms with E-state index >= 15 is 0 Å². The summed E-state index contributed by atoms with van der Waals surface area (Å²) in [5.41, 5.74) is 5.84. The molecule has 0 heterocycles. The topological polar surface area (TPSA) is 20.2 Å². The number of fused-ring (bicyclic) bond motifs is 5. The van der Waals surface area contributed by atoms with Crippen LogP contribution in [0.1, 0.15) is 74.1 Å². The van der Waals surface area contributed by atoms with Crippen LogP contribution in [0.3, 0.4) is 0 Å². The molecule has 2 saturated carbocycles. The first-order valence-electron chi connectivity index (χ1n) is 11.6. The number of hydrogen-bond donors (Lipinski definition) is 1. The summed E-state index contributed by atoms with van der Waals surface area (Å²) in [5.74, 6) is 3.83. The molecule has 5 rings (SSSR count). The molecular weight excluding hydrogens is 352 g/mol. The van der Waals surface area contributed by atoms with Gasteiger partial charge in [-0.15, -0.1) is 0 Å². The maximum Gasteiger partial charge on any atom is 0.119 e. The Balaban J connectivity index is 1.40. The minimum absolute atomic E-state index is 0.482. The molecule has 152 valence electrons. The number of phenolic OH excluding ortho intramolecular Hbond substituents is 1. The van der Waals surface area contributed by atoms with E-state index in [1.54, 1.807) is 5.56 Å². The normalized spacial score (nSPS) is 33.3. The fourth-order valence-corrected chi connectivity index (χ4v) is 6.97. The summed E-state index contributed by atoms with van der Waals surface area (Å²) >= 11 is 0. The second-order valence-electron chi connectivity index (χ2n) is 10.1. The largest absolute Gasteiger partial charge is 0.508 e. The van der Waals surface area contributed by atoms with Crippen molar-refractivity contribution in [3.05, 3.63) is 70.8 Å². The van der Waals surface area contributed by atoms with Gasteiger partial charge in [-0.05, 0) is 102 Å². The smallest absolute Gasteiger partial charge is 0.119 e. The van der Waals surface area contributed by atoms with E-state index in [9.17, 15) is 5.11 Å². The van der Waals surface area contributed by atoms with Crippen molar-refractivity contribution in [3.63, 3.8) is 0 Å². The van der Waals surface area contributed by atoms with E-state index < -0.39 is 0 Å². The van der Waals surface area contributed by atoms with E-state index in [0.717, 1.165) is 36.2 Å². The van der Waals surface area contributed by atoms with Crippen LogP contribution in [0.4, 0.5) is 0 Å². The van der Waals surface area contributed by atoms with Crippen molar-refractivity contribution in [2.75, 3.05) is 0 Å². The fraction of sp³-hybridized carbons (Fsp3) is 0.500. The summed E-state index contributed by atoms with van der Waals surface area (Å²) in [5, 5.41) is 10.7. The minimum Gasteiger partial charge on any atom is -0.508 e. The SMILES string of the molecule is C[C@H]1CC[C@H]2[C@@H]3CCc4cc(O)c(C/C=C/c5ccccc5)cc4[C@H]3CC[C@]12C. The molecule has 2 fully saturated rings. The number of allylic oxidation sites excluding steroid dienone is 1. The monoisotopic (exact) mass is 386 g/mol. The second-order valence-corrected chi connectivity index (χ2v) is 10.1. The van der Waals surface area contributed by atoms with Gasteiger partial charge in [0, 0.05) is 0 Å². The quantitative estimate of drug-likeness (QED) is 0.594.